The second-order valence-electron chi connectivity index (χ2n) is 16.1. The Kier molecular flexibility index (Phi) is 48.4. The van der Waals surface area contributed by atoms with Crippen molar-refractivity contribution < 1.29 is 38.1 Å². The number of ether oxygens (including phenoxy) is 5. The van der Waals surface area contributed by atoms with Gasteiger partial charge in [0.15, 0.2) is 6.29 Å². The second kappa shape index (κ2) is 48.6. The summed E-state index contributed by atoms with van der Waals surface area (Å²) in [6.45, 7) is 18.5. The third kappa shape index (κ3) is 40.2. The molecule has 9 nitrogen and oxygen atoms in total. The Labute approximate surface area is 377 Å². The fraction of sp³-hybridized carbons (Fsp3) is 0.865. The van der Waals surface area contributed by atoms with E-state index in [1.165, 1.54) is 77.0 Å². The molecule has 0 aromatic carbocycles. The highest BCUT2D eigenvalue weighted by molar-refractivity contribution is 5.71. The lowest BCUT2D eigenvalue weighted by Gasteiger charge is -2.21. The van der Waals surface area contributed by atoms with Crippen LogP contribution in [-0.2, 0) is 33.3 Å². The number of esters is 2. The predicted octanol–water partition coefficient (Wildman–Crippen LogP) is 15.2. The van der Waals surface area contributed by atoms with E-state index in [4.69, 9.17) is 23.7 Å². The van der Waals surface area contributed by atoms with Gasteiger partial charge in [0.2, 0.25) is 0 Å². The van der Waals surface area contributed by atoms with Crippen molar-refractivity contribution >= 4 is 18.0 Å². The Bertz CT molecular complexity index is 999. The van der Waals surface area contributed by atoms with Crippen molar-refractivity contribution in [3.8, 4) is 0 Å². The predicted molar refractivity (Wildman–Crippen MR) is 256 cm³/mol. The van der Waals surface area contributed by atoms with Crippen molar-refractivity contribution in [1.29, 1.82) is 0 Å². The molecule has 1 fully saturated rings. The fourth-order valence-electron chi connectivity index (χ4n) is 7.00. The molecule has 0 saturated heterocycles. The molecule has 0 bridgehead atoms. The molecule has 0 aliphatic heterocycles. The minimum absolute atomic E-state index is 0.129. The topological polar surface area (TPSA) is 109 Å². The summed E-state index contributed by atoms with van der Waals surface area (Å²) in [5.41, 5.74) is 0. The van der Waals surface area contributed by atoms with Gasteiger partial charge in [-0.3, -0.25) is 9.59 Å². The van der Waals surface area contributed by atoms with Crippen molar-refractivity contribution in [3.63, 3.8) is 0 Å². The van der Waals surface area contributed by atoms with Crippen LogP contribution in [0, 0.1) is 0 Å². The highest BCUT2D eigenvalue weighted by atomic mass is 16.7. The van der Waals surface area contributed by atoms with Gasteiger partial charge >= 0.3 is 18.0 Å². The maximum absolute atomic E-state index is 13.2. The second-order valence-corrected chi connectivity index (χ2v) is 16.1. The summed E-state index contributed by atoms with van der Waals surface area (Å²) in [4.78, 5) is 38.6. The van der Waals surface area contributed by atoms with Gasteiger partial charge in [-0.05, 0) is 57.8 Å². The Morgan fingerprint density at radius 2 is 0.934 bits per heavy atom. The first-order chi connectivity index (χ1) is 29.9. The number of carbonyl (C=O) groups is 3. The minimum Gasteiger partial charge on any atom is -0.458 e. The van der Waals surface area contributed by atoms with Crippen LogP contribution in [0.1, 0.15) is 248 Å². The van der Waals surface area contributed by atoms with E-state index >= 15 is 0 Å². The van der Waals surface area contributed by atoms with Gasteiger partial charge in [-0.2, -0.15) is 0 Å². The number of carbonyl (C=O) groups excluding carboxylic acids is 3. The van der Waals surface area contributed by atoms with Gasteiger partial charge < -0.3 is 29.0 Å². The number of alkyl carbamates (subject to hydrolysis) is 1. The molecule has 3 atom stereocenters. The molecule has 1 rings (SSSR count). The highest BCUT2D eigenvalue weighted by Gasteiger charge is 2.41. The summed E-state index contributed by atoms with van der Waals surface area (Å²) < 4.78 is 29.7. The van der Waals surface area contributed by atoms with E-state index in [2.05, 4.69) is 57.3 Å². The average Bonchev–Trinajstić information content (AvgIpc) is 3.63. The third-order valence-corrected chi connectivity index (χ3v) is 10.6. The smallest absolute Gasteiger partial charge is 0.407 e. The molecule has 1 amide bonds. The Morgan fingerprint density at radius 3 is 1.46 bits per heavy atom. The minimum atomic E-state index is -0.675. The van der Waals surface area contributed by atoms with Crippen LogP contribution in [0.3, 0.4) is 0 Å². The maximum atomic E-state index is 13.2. The lowest BCUT2D eigenvalue weighted by atomic mass is 10.1. The number of amides is 1. The van der Waals surface area contributed by atoms with Crippen molar-refractivity contribution in [2.45, 2.75) is 273 Å². The molecular weight excluding hydrogens is 767 g/mol. The quantitative estimate of drug-likeness (QED) is 0.0214. The van der Waals surface area contributed by atoms with Crippen molar-refractivity contribution in [3.05, 3.63) is 24.3 Å². The zero-order chi connectivity index (χ0) is 45.4. The molecule has 0 heterocycles. The summed E-state index contributed by atoms with van der Waals surface area (Å²) >= 11 is 0. The van der Waals surface area contributed by atoms with Crippen LogP contribution < -0.4 is 5.32 Å². The first-order valence-electron chi connectivity index (χ1n) is 25.8. The Balaban J connectivity index is 0. The van der Waals surface area contributed by atoms with Gasteiger partial charge in [0.25, 0.3) is 0 Å². The van der Waals surface area contributed by atoms with Gasteiger partial charge in [-0.15, -0.1) is 0 Å². The summed E-state index contributed by atoms with van der Waals surface area (Å²) in [5, 5.41) is 2.78. The number of rotatable bonds is 39. The first kappa shape index (κ1) is 60.7. The SMILES string of the molecule is CC.CC.CCCCC/C=C\C/C=C\CCCCCCCC(=O)OC1CC(OC(=O)NCCCC)CC1OC(=O)CCC(OCCCCCCCC)OCCCCCCCC. The molecule has 0 radical (unpaired) electrons. The molecule has 0 spiro atoms. The number of allylic oxidation sites excluding steroid dienone is 4. The zero-order valence-electron chi connectivity index (χ0n) is 41.2. The summed E-state index contributed by atoms with van der Waals surface area (Å²) in [7, 11) is 0. The van der Waals surface area contributed by atoms with Gasteiger partial charge in [0, 0.05) is 45.4 Å². The third-order valence-electron chi connectivity index (χ3n) is 10.6. The highest BCUT2D eigenvalue weighted by Crippen LogP contribution is 2.29. The number of hydrogen-bond acceptors (Lipinski definition) is 8. The molecule has 1 aliphatic carbocycles. The number of unbranched alkanes of at least 4 members (excludes halogenated alkanes) is 19. The maximum Gasteiger partial charge on any atom is 0.407 e. The van der Waals surface area contributed by atoms with E-state index in [1.54, 1.807) is 0 Å². The molecule has 1 saturated carbocycles. The molecule has 1 aliphatic rings. The van der Waals surface area contributed by atoms with E-state index in [-0.39, 0.29) is 18.4 Å². The monoisotopic (exact) mass is 866 g/mol. The Hall–Kier alpha value is -2.39. The lowest BCUT2D eigenvalue weighted by Crippen LogP contribution is -2.31. The van der Waals surface area contributed by atoms with Gasteiger partial charge in [-0.25, -0.2) is 4.79 Å². The van der Waals surface area contributed by atoms with Crippen LogP contribution in [0.25, 0.3) is 0 Å². The van der Waals surface area contributed by atoms with Crippen LogP contribution in [-0.4, -0.2) is 62.4 Å². The normalized spacial score (nSPS) is 16.0. The van der Waals surface area contributed by atoms with Crippen LogP contribution in [0.15, 0.2) is 24.3 Å². The van der Waals surface area contributed by atoms with Crippen LogP contribution in [0.5, 0.6) is 0 Å². The largest absolute Gasteiger partial charge is 0.458 e. The number of hydrogen-bond donors (Lipinski definition) is 1. The number of nitrogens with one attached hydrogen (secondary N) is 1. The zero-order valence-corrected chi connectivity index (χ0v) is 41.2. The van der Waals surface area contributed by atoms with Gasteiger partial charge in [-0.1, -0.05) is 182 Å². The van der Waals surface area contributed by atoms with E-state index < -0.39 is 30.7 Å². The van der Waals surface area contributed by atoms with E-state index in [1.807, 2.05) is 27.7 Å². The molecule has 3 unspecified atom stereocenters. The average molecular weight is 866 g/mol. The molecule has 0 aromatic heterocycles. The van der Waals surface area contributed by atoms with Crippen molar-refractivity contribution in [2.75, 3.05) is 19.8 Å². The van der Waals surface area contributed by atoms with Crippen LogP contribution in [0.2, 0.25) is 0 Å². The van der Waals surface area contributed by atoms with Crippen LogP contribution in [0.4, 0.5) is 4.79 Å². The summed E-state index contributed by atoms with van der Waals surface area (Å²) in [5.74, 6) is -0.690. The lowest BCUT2D eigenvalue weighted by molar-refractivity contribution is -0.170. The molecule has 1 N–H and O–H groups in total. The van der Waals surface area contributed by atoms with E-state index in [0.29, 0.717) is 45.4 Å². The van der Waals surface area contributed by atoms with Gasteiger partial charge in [0.05, 0.1) is 6.42 Å². The first-order valence-corrected chi connectivity index (χ1v) is 25.8. The summed E-state index contributed by atoms with van der Waals surface area (Å²) in [6.07, 6.45) is 35.9. The Morgan fingerprint density at radius 1 is 0.508 bits per heavy atom. The van der Waals surface area contributed by atoms with Gasteiger partial charge in [0.1, 0.15) is 18.3 Å². The van der Waals surface area contributed by atoms with Crippen molar-refractivity contribution in [1.82, 2.24) is 5.32 Å². The fourth-order valence-corrected chi connectivity index (χ4v) is 7.00. The summed E-state index contributed by atoms with van der Waals surface area (Å²) in [6, 6.07) is 0. The molecule has 61 heavy (non-hydrogen) atoms. The van der Waals surface area contributed by atoms with E-state index in [0.717, 1.165) is 83.5 Å². The molecule has 9 heteroatoms. The molecular formula is C52H99NO8. The molecule has 0 aromatic rings. The standard InChI is InChI=1S/C48H87NO8.2C2H6/c1-5-9-13-16-19-20-21-22-23-24-25-26-27-28-31-34-45(50)56-43-40-42(55-48(52)49-37-12-8-4)41-44(43)57-46(51)35-36-47(53-38-32-29-17-14-10-6-2)54-39-33-30-18-15-11-7-3;2*1-2/h19-20,22-23,42-44,47H,5-18,21,24-41H2,1-4H3,(H,49,52);2*1-2H3/b20-19-,23-22-;;. The van der Waals surface area contributed by atoms with Crippen molar-refractivity contribution in [2.24, 2.45) is 0 Å². The van der Waals surface area contributed by atoms with Crippen LogP contribution >= 0.6 is 0 Å². The van der Waals surface area contributed by atoms with E-state index in [9.17, 15) is 14.4 Å². The molecule has 360 valence electrons.